The summed E-state index contributed by atoms with van der Waals surface area (Å²) in [7, 11) is 0. The van der Waals surface area contributed by atoms with E-state index in [1.807, 2.05) is 0 Å². The lowest BCUT2D eigenvalue weighted by atomic mass is 10.1. The average Bonchev–Trinajstić information content (AvgIpc) is 2.55. The second-order valence-corrected chi connectivity index (χ2v) is 5.47. The van der Waals surface area contributed by atoms with E-state index in [1.54, 1.807) is 24.3 Å². The fourth-order valence-electron chi connectivity index (χ4n) is 1.82. The SMILES string of the molecule is CC(=O)c1ccc(NC(=O)[C@@H](C)OC(=O)c2cc(Cl)ccn2)cc1. The molecule has 0 saturated heterocycles. The van der Waals surface area contributed by atoms with Gasteiger partial charge in [0, 0.05) is 22.5 Å². The number of nitrogens with one attached hydrogen (secondary N) is 1. The lowest BCUT2D eigenvalue weighted by molar-refractivity contribution is -0.123. The number of carbonyl (C=O) groups excluding carboxylic acids is 3. The van der Waals surface area contributed by atoms with Crippen molar-refractivity contribution >= 4 is 34.9 Å². The van der Waals surface area contributed by atoms with Gasteiger partial charge in [-0.05, 0) is 50.2 Å². The van der Waals surface area contributed by atoms with Crippen LogP contribution in [0.25, 0.3) is 0 Å². The highest BCUT2D eigenvalue weighted by Crippen LogP contribution is 2.12. The van der Waals surface area contributed by atoms with Crippen molar-refractivity contribution in [3.8, 4) is 0 Å². The molecule has 0 aliphatic carbocycles. The minimum Gasteiger partial charge on any atom is -0.448 e. The van der Waals surface area contributed by atoms with E-state index in [1.165, 1.54) is 32.2 Å². The monoisotopic (exact) mass is 346 g/mol. The van der Waals surface area contributed by atoms with Gasteiger partial charge >= 0.3 is 5.97 Å². The molecule has 1 amide bonds. The van der Waals surface area contributed by atoms with Gasteiger partial charge in [-0.2, -0.15) is 0 Å². The predicted molar refractivity (Wildman–Crippen MR) is 89.2 cm³/mol. The quantitative estimate of drug-likeness (QED) is 0.664. The first kappa shape index (κ1) is 17.6. The van der Waals surface area contributed by atoms with Gasteiger partial charge < -0.3 is 10.1 Å². The fourth-order valence-corrected chi connectivity index (χ4v) is 1.98. The molecule has 1 atom stereocenters. The molecule has 124 valence electrons. The molecule has 1 aromatic carbocycles. The third-order valence-corrected chi connectivity index (χ3v) is 3.38. The Labute approximate surface area is 143 Å². The van der Waals surface area contributed by atoms with Crippen LogP contribution >= 0.6 is 11.6 Å². The molecule has 7 heteroatoms. The lowest BCUT2D eigenvalue weighted by Gasteiger charge is -2.13. The van der Waals surface area contributed by atoms with Crippen molar-refractivity contribution < 1.29 is 19.1 Å². The zero-order chi connectivity index (χ0) is 17.7. The van der Waals surface area contributed by atoms with E-state index in [4.69, 9.17) is 16.3 Å². The van der Waals surface area contributed by atoms with E-state index in [-0.39, 0.29) is 11.5 Å². The summed E-state index contributed by atoms with van der Waals surface area (Å²) in [5.41, 5.74) is 1.06. The number of pyridine rings is 1. The number of ketones is 1. The highest BCUT2D eigenvalue weighted by Gasteiger charge is 2.20. The van der Waals surface area contributed by atoms with Crippen molar-refractivity contribution in [2.24, 2.45) is 0 Å². The number of anilines is 1. The first-order valence-electron chi connectivity index (χ1n) is 7.11. The Morgan fingerprint density at radius 3 is 2.42 bits per heavy atom. The van der Waals surface area contributed by atoms with Crippen LogP contribution in [0.4, 0.5) is 5.69 Å². The molecule has 0 fully saturated rings. The Kier molecular flexibility index (Phi) is 5.65. The third kappa shape index (κ3) is 4.63. The van der Waals surface area contributed by atoms with Crippen LogP contribution in [-0.4, -0.2) is 28.7 Å². The van der Waals surface area contributed by atoms with Gasteiger partial charge in [0.2, 0.25) is 0 Å². The van der Waals surface area contributed by atoms with Gasteiger partial charge in [0.15, 0.2) is 11.9 Å². The fraction of sp³-hybridized carbons (Fsp3) is 0.176. The van der Waals surface area contributed by atoms with Crippen LogP contribution in [0.5, 0.6) is 0 Å². The molecule has 6 nitrogen and oxygen atoms in total. The molecule has 0 saturated carbocycles. The van der Waals surface area contributed by atoms with Crippen molar-refractivity contribution in [3.05, 3.63) is 58.9 Å². The number of carbonyl (C=O) groups is 3. The summed E-state index contributed by atoms with van der Waals surface area (Å²) < 4.78 is 5.06. The zero-order valence-corrected chi connectivity index (χ0v) is 13.8. The average molecular weight is 347 g/mol. The van der Waals surface area contributed by atoms with Gasteiger partial charge in [-0.3, -0.25) is 9.59 Å². The molecule has 0 bridgehead atoms. The van der Waals surface area contributed by atoms with Crippen molar-refractivity contribution in [1.29, 1.82) is 0 Å². The summed E-state index contributed by atoms with van der Waals surface area (Å²) in [4.78, 5) is 39.0. The van der Waals surface area contributed by atoms with Crippen molar-refractivity contribution in [1.82, 2.24) is 4.98 Å². The van der Waals surface area contributed by atoms with Gasteiger partial charge in [-0.25, -0.2) is 9.78 Å². The van der Waals surface area contributed by atoms with E-state index in [2.05, 4.69) is 10.3 Å². The number of aromatic nitrogens is 1. The lowest BCUT2D eigenvalue weighted by Crippen LogP contribution is -2.30. The Morgan fingerprint density at radius 1 is 1.17 bits per heavy atom. The molecule has 24 heavy (non-hydrogen) atoms. The highest BCUT2D eigenvalue weighted by atomic mass is 35.5. The molecular formula is C17H15ClN2O4. The maximum atomic E-state index is 12.1. The van der Waals surface area contributed by atoms with E-state index in [9.17, 15) is 14.4 Å². The Morgan fingerprint density at radius 2 is 1.83 bits per heavy atom. The molecule has 0 aliphatic heterocycles. The van der Waals surface area contributed by atoms with E-state index in [0.717, 1.165) is 0 Å². The smallest absolute Gasteiger partial charge is 0.357 e. The van der Waals surface area contributed by atoms with E-state index < -0.39 is 18.0 Å². The largest absolute Gasteiger partial charge is 0.448 e. The van der Waals surface area contributed by atoms with Crippen LogP contribution in [0.1, 0.15) is 34.7 Å². The van der Waals surface area contributed by atoms with Crippen LogP contribution in [0.3, 0.4) is 0 Å². The minimum atomic E-state index is -1.02. The molecule has 1 N–H and O–H groups in total. The van der Waals surface area contributed by atoms with Gasteiger partial charge in [0.25, 0.3) is 5.91 Å². The molecular weight excluding hydrogens is 332 g/mol. The van der Waals surface area contributed by atoms with E-state index >= 15 is 0 Å². The van der Waals surface area contributed by atoms with Crippen LogP contribution in [0, 0.1) is 0 Å². The van der Waals surface area contributed by atoms with Crippen LogP contribution in [0.15, 0.2) is 42.6 Å². The standard InChI is InChI=1S/C17H15ClN2O4/c1-10(21)12-3-5-14(6-4-12)20-16(22)11(2)24-17(23)15-9-13(18)7-8-19-15/h3-9,11H,1-2H3,(H,20,22)/t11-/m1/s1. The zero-order valence-electron chi connectivity index (χ0n) is 13.1. The number of hydrogen-bond donors (Lipinski definition) is 1. The second-order valence-electron chi connectivity index (χ2n) is 5.03. The van der Waals surface area contributed by atoms with Gasteiger partial charge in [-0.1, -0.05) is 11.6 Å². The summed E-state index contributed by atoms with van der Waals surface area (Å²) in [5.74, 6) is -1.31. The molecule has 0 unspecified atom stereocenters. The number of benzene rings is 1. The maximum absolute atomic E-state index is 12.1. The van der Waals surface area contributed by atoms with E-state index in [0.29, 0.717) is 16.3 Å². The number of hydrogen-bond acceptors (Lipinski definition) is 5. The molecule has 0 radical (unpaired) electrons. The maximum Gasteiger partial charge on any atom is 0.357 e. The Bertz CT molecular complexity index is 774. The summed E-state index contributed by atoms with van der Waals surface area (Å²) in [6.45, 7) is 2.90. The topological polar surface area (TPSA) is 85.4 Å². The Hall–Kier alpha value is -2.73. The third-order valence-electron chi connectivity index (χ3n) is 3.14. The molecule has 2 aromatic rings. The number of halogens is 1. The van der Waals surface area contributed by atoms with Crippen LogP contribution < -0.4 is 5.32 Å². The van der Waals surface area contributed by atoms with Crippen molar-refractivity contribution in [2.75, 3.05) is 5.32 Å². The molecule has 0 aliphatic rings. The summed E-state index contributed by atoms with van der Waals surface area (Å²) in [5, 5.41) is 2.95. The molecule has 0 spiro atoms. The summed E-state index contributed by atoms with van der Waals surface area (Å²) in [6, 6.07) is 9.28. The number of rotatable bonds is 5. The van der Waals surface area contributed by atoms with Crippen LogP contribution in [0.2, 0.25) is 5.02 Å². The highest BCUT2D eigenvalue weighted by molar-refractivity contribution is 6.30. The number of esters is 1. The molecule has 1 aromatic heterocycles. The number of ether oxygens (including phenoxy) is 1. The van der Waals surface area contributed by atoms with Crippen molar-refractivity contribution in [2.45, 2.75) is 20.0 Å². The Balaban J connectivity index is 1.96. The number of Topliss-reactive ketones (excluding diaryl/α,β-unsaturated/α-hetero) is 1. The minimum absolute atomic E-state index is 0.0213. The molecule has 1 heterocycles. The van der Waals surface area contributed by atoms with Crippen molar-refractivity contribution in [3.63, 3.8) is 0 Å². The van der Waals surface area contributed by atoms with Gasteiger partial charge in [-0.15, -0.1) is 0 Å². The van der Waals surface area contributed by atoms with Gasteiger partial charge in [0.05, 0.1) is 0 Å². The van der Waals surface area contributed by atoms with Crippen LogP contribution in [-0.2, 0) is 9.53 Å². The first-order valence-corrected chi connectivity index (χ1v) is 7.49. The summed E-state index contributed by atoms with van der Waals surface area (Å²) in [6.07, 6.45) is 0.353. The first-order chi connectivity index (χ1) is 11.4. The summed E-state index contributed by atoms with van der Waals surface area (Å²) >= 11 is 5.78. The molecule has 2 rings (SSSR count). The second kappa shape index (κ2) is 7.70. The number of amides is 1. The number of nitrogens with zero attached hydrogens (tertiary/aromatic N) is 1. The normalized spacial score (nSPS) is 11.5. The predicted octanol–water partition coefficient (Wildman–Crippen LogP) is 3.12. The van der Waals surface area contributed by atoms with Gasteiger partial charge in [0.1, 0.15) is 5.69 Å².